The molecule has 8 aromatic rings. The van der Waals surface area contributed by atoms with Gasteiger partial charge in [-0.2, -0.15) is 0 Å². The molecule has 6 aliphatic rings. The molecule has 6 aliphatic carbocycles. The predicted octanol–water partition coefficient (Wildman–Crippen LogP) is 15.2. The van der Waals surface area contributed by atoms with Gasteiger partial charge in [-0.3, -0.25) is 0 Å². The summed E-state index contributed by atoms with van der Waals surface area (Å²) in [6.45, 7) is 4.77. The lowest BCUT2D eigenvalue weighted by molar-refractivity contribution is -0.0399. The Balaban J connectivity index is 0.965. The third-order valence-corrected chi connectivity index (χ3v) is 15.8. The smallest absolute Gasteiger partial charge is 0.0546 e. The molecule has 0 atom stereocenters. The SMILES string of the molecule is CC1(C)c2ccccc2-c2ccc(N(c3ccc(-c4ccc5c(c4)C4(c6ccccc6-5)C5CC6CC(C5)CC4C6)cc3)c3cc4ccccc4c4ccccc34)cc21. The second-order valence-corrected chi connectivity index (χ2v) is 18.9. The Morgan fingerprint density at radius 2 is 0.966 bits per heavy atom. The van der Waals surface area contributed by atoms with Crippen molar-refractivity contribution in [3.63, 3.8) is 0 Å². The standard InChI is InChI=1S/C57H47N/c1-56(2)51-17-9-7-14-46(51)48-26-24-43(34-53(48)56)58(55-33-39-11-3-4-12-44(39)45-13-5-6-16-50(45)55)42-22-19-37(20-23-42)38-21-25-49-47-15-8-10-18-52(47)57(54(49)32-38)40-28-35-27-36(30-40)31-41(57)29-35/h3-26,32-36,40-41H,27-31H2,1-2H3. The highest BCUT2D eigenvalue weighted by atomic mass is 15.1. The minimum absolute atomic E-state index is 0.0925. The molecule has 0 aromatic heterocycles. The molecule has 4 saturated carbocycles. The van der Waals surface area contributed by atoms with Gasteiger partial charge in [0.05, 0.1) is 5.69 Å². The van der Waals surface area contributed by atoms with Gasteiger partial charge in [0.2, 0.25) is 0 Å². The van der Waals surface area contributed by atoms with Crippen LogP contribution >= 0.6 is 0 Å². The molecule has 0 aliphatic heterocycles. The Morgan fingerprint density at radius 3 is 1.72 bits per heavy atom. The topological polar surface area (TPSA) is 3.24 Å². The molecule has 4 bridgehead atoms. The first-order valence-electron chi connectivity index (χ1n) is 21.8. The van der Waals surface area contributed by atoms with Crippen molar-refractivity contribution in [2.75, 3.05) is 4.90 Å². The quantitative estimate of drug-likeness (QED) is 0.162. The summed E-state index contributed by atoms with van der Waals surface area (Å²) in [6.07, 6.45) is 7.11. The first kappa shape index (κ1) is 33.1. The lowest BCUT2D eigenvalue weighted by Gasteiger charge is -2.61. The summed E-state index contributed by atoms with van der Waals surface area (Å²) in [5, 5.41) is 5.08. The van der Waals surface area contributed by atoms with Crippen LogP contribution in [0, 0.1) is 23.7 Å². The van der Waals surface area contributed by atoms with E-state index in [1.165, 1.54) is 115 Å². The summed E-state index contributed by atoms with van der Waals surface area (Å²) in [5.74, 6) is 3.41. The van der Waals surface area contributed by atoms with E-state index >= 15 is 0 Å². The zero-order valence-electron chi connectivity index (χ0n) is 33.4. The zero-order valence-corrected chi connectivity index (χ0v) is 33.4. The number of benzene rings is 8. The molecule has 0 N–H and O–H groups in total. The van der Waals surface area contributed by atoms with E-state index in [2.05, 4.69) is 183 Å². The van der Waals surface area contributed by atoms with Crippen molar-refractivity contribution in [3.8, 4) is 33.4 Å². The molecule has 58 heavy (non-hydrogen) atoms. The third kappa shape index (κ3) is 4.37. The van der Waals surface area contributed by atoms with Crippen LogP contribution in [0.3, 0.4) is 0 Å². The van der Waals surface area contributed by atoms with Crippen molar-refractivity contribution >= 4 is 38.6 Å². The zero-order chi connectivity index (χ0) is 38.3. The highest BCUT2D eigenvalue weighted by Crippen LogP contribution is 2.69. The molecule has 1 heteroatoms. The fourth-order valence-corrected chi connectivity index (χ4v) is 13.6. The van der Waals surface area contributed by atoms with Crippen LogP contribution in [0.25, 0.3) is 54.9 Å². The van der Waals surface area contributed by atoms with Crippen LogP contribution in [0.4, 0.5) is 17.1 Å². The van der Waals surface area contributed by atoms with Crippen LogP contribution < -0.4 is 4.90 Å². The molecule has 0 radical (unpaired) electrons. The van der Waals surface area contributed by atoms with Crippen LogP contribution in [0.2, 0.25) is 0 Å². The van der Waals surface area contributed by atoms with E-state index in [4.69, 9.17) is 0 Å². The van der Waals surface area contributed by atoms with Crippen molar-refractivity contribution < 1.29 is 0 Å². The van der Waals surface area contributed by atoms with Crippen molar-refractivity contribution in [1.82, 2.24) is 0 Å². The van der Waals surface area contributed by atoms with E-state index in [0.29, 0.717) is 0 Å². The lowest BCUT2D eigenvalue weighted by atomic mass is 9.43. The summed E-state index contributed by atoms with van der Waals surface area (Å²) in [5.41, 5.74) is 18.0. The molecular weight excluding hydrogens is 699 g/mol. The van der Waals surface area contributed by atoms with Crippen molar-refractivity contribution in [2.45, 2.75) is 56.8 Å². The first-order valence-corrected chi connectivity index (χ1v) is 21.8. The first-order chi connectivity index (χ1) is 28.5. The second kappa shape index (κ2) is 11.8. The molecule has 8 aromatic carbocycles. The van der Waals surface area contributed by atoms with Gasteiger partial charge in [-0.1, -0.05) is 141 Å². The fourth-order valence-electron chi connectivity index (χ4n) is 13.6. The van der Waals surface area contributed by atoms with Crippen LogP contribution in [-0.2, 0) is 10.8 Å². The summed E-state index contributed by atoms with van der Waals surface area (Å²) < 4.78 is 0. The van der Waals surface area contributed by atoms with Gasteiger partial charge in [0.15, 0.2) is 0 Å². The minimum Gasteiger partial charge on any atom is -0.310 e. The van der Waals surface area contributed by atoms with E-state index in [0.717, 1.165) is 23.7 Å². The molecule has 0 heterocycles. The summed E-state index contributed by atoms with van der Waals surface area (Å²) in [7, 11) is 0. The number of anilines is 3. The molecular formula is C57H47N. The Kier molecular flexibility index (Phi) is 6.75. The maximum atomic E-state index is 2.63. The van der Waals surface area contributed by atoms with Gasteiger partial charge in [-0.15, -0.1) is 0 Å². The summed E-state index contributed by atoms with van der Waals surface area (Å²) in [4.78, 5) is 2.51. The number of hydrogen-bond acceptors (Lipinski definition) is 1. The summed E-state index contributed by atoms with van der Waals surface area (Å²) >= 11 is 0. The molecule has 280 valence electrons. The second-order valence-electron chi connectivity index (χ2n) is 18.9. The Hall–Kier alpha value is -5.92. The number of hydrogen-bond donors (Lipinski definition) is 0. The van der Waals surface area contributed by atoms with Gasteiger partial charge in [-0.25, -0.2) is 0 Å². The van der Waals surface area contributed by atoms with Gasteiger partial charge in [0.25, 0.3) is 0 Å². The Morgan fingerprint density at radius 1 is 0.414 bits per heavy atom. The van der Waals surface area contributed by atoms with Crippen molar-refractivity contribution in [2.24, 2.45) is 23.7 Å². The third-order valence-electron chi connectivity index (χ3n) is 15.8. The lowest BCUT2D eigenvalue weighted by Crippen LogP contribution is -2.55. The summed E-state index contributed by atoms with van der Waals surface area (Å²) in [6, 6.07) is 62.8. The maximum Gasteiger partial charge on any atom is 0.0546 e. The van der Waals surface area contributed by atoms with Gasteiger partial charge in [-0.05, 0) is 164 Å². The van der Waals surface area contributed by atoms with Crippen LogP contribution in [-0.4, -0.2) is 0 Å². The van der Waals surface area contributed by atoms with E-state index in [9.17, 15) is 0 Å². The predicted molar refractivity (Wildman–Crippen MR) is 242 cm³/mol. The highest BCUT2D eigenvalue weighted by Gasteiger charge is 2.61. The molecule has 1 nitrogen and oxygen atoms in total. The van der Waals surface area contributed by atoms with E-state index < -0.39 is 0 Å². The normalized spacial score (nSPS) is 23.9. The van der Waals surface area contributed by atoms with E-state index in [1.54, 1.807) is 11.1 Å². The molecule has 0 saturated heterocycles. The molecule has 4 fully saturated rings. The molecule has 14 rings (SSSR count). The van der Waals surface area contributed by atoms with Gasteiger partial charge in [0, 0.05) is 27.6 Å². The highest BCUT2D eigenvalue weighted by molar-refractivity contribution is 6.14. The largest absolute Gasteiger partial charge is 0.310 e. The van der Waals surface area contributed by atoms with Crippen molar-refractivity contribution in [3.05, 3.63) is 186 Å². The number of rotatable bonds is 4. The number of fused-ring (bicyclic) bond motifs is 9. The van der Waals surface area contributed by atoms with Gasteiger partial charge >= 0.3 is 0 Å². The van der Waals surface area contributed by atoms with E-state index in [-0.39, 0.29) is 10.8 Å². The van der Waals surface area contributed by atoms with E-state index in [1.807, 2.05) is 0 Å². The van der Waals surface area contributed by atoms with Crippen molar-refractivity contribution in [1.29, 1.82) is 0 Å². The molecule has 0 amide bonds. The minimum atomic E-state index is -0.0925. The van der Waals surface area contributed by atoms with Crippen LogP contribution in [0.15, 0.2) is 164 Å². The molecule has 1 spiro atoms. The fraction of sp³-hybridized carbons (Fsp3) is 0.228. The average molecular weight is 746 g/mol. The monoisotopic (exact) mass is 745 g/mol. The van der Waals surface area contributed by atoms with Gasteiger partial charge < -0.3 is 4.90 Å². The number of nitrogens with zero attached hydrogens (tertiary/aromatic N) is 1. The van der Waals surface area contributed by atoms with Crippen LogP contribution in [0.1, 0.15) is 68.2 Å². The Labute approximate surface area is 342 Å². The molecule has 0 unspecified atom stereocenters. The maximum absolute atomic E-state index is 2.63. The van der Waals surface area contributed by atoms with Gasteiger partial charge in [0.1, 0.15) is 0 Å². The van der Waals surface area contributed by atoms with Crippen LogP contribution in [0.5, 0.6) is 0 Å². The Bertz CT molecular complexity index is 2970. The average Bonchev–Trinajstić information content (AvgIpc) is 3.68.